The predicted molar refractivity (Wildman–Crippen MR) is 78.1 cm³/mol. The Morgan fingerprint density at radius 3 is 2.47 bits per heavy atom. The van der Waals surface area contributed by atoms with Crippen LogP contribution in [0.3, 0.4) is 0 Å². The van der Waals surface area contributed by atoms with Crippen molar-refractivity contribution in [2.45, 2.75) is 32.2 Å². The van der Waals surface area contributed by atoms with Gasteiger partial charge in [0.05, 0.1) is 6.54 Å². The van der Waals surface area contributed by atoms with Crippen LogP contribution in [0.5, 0.6) is 0 Å². The van der Waals surface area contributed by atoms with E-state index in [-0.39, 0.29) is 0 Å². The van der Waals surface area contributed by atoms with Crippen molar-refractivity contribution in [1.82, 2.24) is 14.7 Å². The third-order valence-electron chi connectivity index (χ3n) is 4.33. The van der Waals surface area contributed by atoms with Crippen LogP contribution in [0.15, 0.2) is 12.7 Å². The van der Waals surface area contributed by atoms with Crippen LogP contribution in [0.2, 0.25) is 0 Å². The first-order valence-corrected chi connectivity index (χ1v) is 7.56. The fraction of sp³-hybridized carbons (Fsp3) is 0.800. The highest BCUT2D eigenvalue weighted by Crippen LogP contribution is 2.16. The van der Waals surface area contributed by atoms with Gasteiger partial charge in [-0.1, -0.05) is 6.08 Å². The molecule has 0 aromatic heterocycles. The summed E-state index contributed by atoms with van der Waals surface area (Å²) in [7, 11) is 0. The minimum absolute atomic E-state index is 0.323. The second kappa shape index (κ2) is 7.06. The highest BCUT2D eigenvalue weighted by molar-refractivity contribution is 5.78. The third kappa shape index (κ3) is 4.05. The van der Waals surface area contributed by atoms with Crippen LogP contribution in [0.1, 0.15) is 26.2 Å². The molecule has 1 unspecified atom stereocenters. The van der Waals surface area contributed by atoms with Crippen molar-refractivity contribution in [3.63, 3.8) is 0 Å². The quantitative estimate of drug-likeness (QED) is 0.715. The third-order valence-corrected chi connectivity index (χ3v) is 4.33. The van der Waals surface area contributed by atoms with Crippen molar-refractivity contribution in [1.29, 1.82) is 0 Å². The van der Waals surface area contributed by atoms with Crippen LogP contribution in [0, 0.1) is 0 Å². The first kappa shape index (κ1) is 14.5. The molecular weight excluding hydrogens is 238 g/mol. The molecule has 4 nitrogen and oxygen atoms in total. The zero-order valence-electron chi connectivity index (χ0n) is 12.2. The number of piperidine rings is 1. The molecule has 0 bridgehead atoms. The van der Waals surface area contributed by atoms with Gasteiger partial charge in [0, 0.05) is 45.3 Å². The fourth-order valence-electron chi connectivity index (χ4n) is 3.06. The first-order chi connectivity index (χ1) is 9.20. The van der Waals surface area contributed by atoms with Crippen LogP contribution >= 0.6 is 0 Å². The summed E-state index contributed by atoms with van der Waals surface area (Å²) < 4.78 is 0. The van der Waals surface area contributed by atoms with E-state index >= 15 is 0 Å². The Morgan fingerprint density at radius 1 is 1.16 bits per heavy atom. The summed E-state index contributed by atoms with van der Waals surface area (Å²) in [5.74, 6) is 0.323. The molecule has 1 atom stereocenters. The predicted octanol–water partition coefficient (Wildman–Crippen LogP) is 1.19. The monoisotopic (exact) mass is 265 g/mol. The van der Waals surface area contributed by atoms with Gasteiger partial charge in [-0.25, -0.2) is 0 Å². The lowest BCUT2D eigenvalue weighted by Gasteiger charge is -2.37. The Balaban J connectivity index is 1.75. The molecular formula is C15H27N3O. The molecule has 0 N–H and O–H groups in total. The number of carbonyl (C=O) groups excluding carboxylic acids is 1. The molecule has 0 aromatic rings. The largest absolute Gasteiger partial charge is 0.339 e. The molecule has 0 aromatic carbocycles. The Labute approximate surface area is 117 Å². The van der Waals surface area contributed by atoms with E-state index in [1.807, 2.05) is 6.08 Å². The molecule has 1 amide bonds. The normalized spacial score (nSPS) is 26.4. The SMILES string of the molecule is C=CCN1CCN(CC(=O)N2CCCCC2C)CC1. The van der Waals surface area contributed by atoms with E-state index in [1.165, 1.54) is 19.3 Å². The lowest BCUT2D eigenvalue weighted by atomic mass is 10.0. The highest BCUT2D eigenvalue weighted by atomic mass is 16.2. The maximum atomic E-state index is 12.3. The molecule has 2 fully saturated rings. The van der Waals surface area contributed by atoms with Gasteiger partial charge in [0.1, 0.15) is 0 Å². The minimum atomic E-state index is 0.323. The van der Waals surface area contributed by atoms with Crippen molar-refractivity contribution >= 4 is 5.91 Å². The molecule has 2 aliphatic rings. The van der Waals surface area contributed by atoms with Gasteiger partial charge in [-0.05, 0) is 26.2 Å². The summed E-state index contributed by atoms with van der Waals surface area (Å²) in [6.45, 7) is 12.6. The Kier molecular flexibility index (Phi) is 5.40. The average Bonchev–Trinajstić information content (AvgIpc) is 2.42. The fourth-order valence-corrected chi connectivity index (χ4v) is 3.06. The standard InChI is InChI=1S/C15H27N3O/c1-3-7-16-9-11-17(12-10-16)13-15(19)18-8-5-4-6-14(18)2/h3,14H,1,4-13H2,2H3. The number of hydrogen-bond acceptors (Lipinski definition) is 3. The van der Waals surface area contributed by atoms with Gasteiger partial charge < -0.3 is 4.90 Å². The molecule has 0 spiro atoms. The summed E-state index contributed by atoms with van der Waals surface area (Å²) in [6.07, 6.45) is 5.56. The zero-order valence-corrected chi connectivity index (χ0v) is 12.2. The van der Waals surface area contributed by atoms with Gasteiger partial charge in [0.25, 0.3) is 0 Å². The smallest absolute Gasteiger partial charge is 0.236 e. The summed E-state index contributed by atoms with van der Waals surface area (Å²) in [4.78, 5) is 19.1. The van der Waals surface area contributed by atoms with Crippen LogP contribution in [-0.2, 0) is 4.79 Å². The van der Waals surface area contributed by atoms with E-state index in [2.05, 4.69) is 28.2 Å². The van der Waals surface area contributed by atoms with Gasteiger partial charge in [-0.3, -0.25) is 14.6 Å². The van der Waals surface area contributed by atoms with Gasteiger partial charge in [0.2, 0.25) is 5.91 Å². The Bertz CT molecular complexity index is 311. The van der Waals surface area contributed by atoms with Gasteiger partial charge in [-0.2, -0.15) is 0 Å². The van der Waals surface area contributed by atoms with E-state index < -0.39 is 0 Å². The van der Waals surface area contributed by atoms with Crippen molar-refractivity contribution in [2.75, 3.05) is 45.8 Å². The van der Waals surface area contributed by atoms with E-state index in [1.54, 1.807) is 0 Å². The lowest BCUT2D eigenvalue weighted by Crippen LogP contribution is -2.52. The van der Waals surface area contributed by atoms with Crippen molar-refractivity contribution in [3.05, 3.63) is 12.7 Å². The molecule has 2 saturated heterocycles. The van der Waals surface area contributed by atoms with Gasteiger partial charge >= 0.3 is 0 Å². The summed E-state index contributed by atoms with van der Waals surface area (Å²) in [6, 6.07) is 0.434. The minimum Gasteiger partial charge on any atom is -0.339 e. The number of rotatable bonds is 4. The maximum Gasteiger partial charge on any atom is 0.236 e. The lowest BCUT2D eigenvalue weighted by molar-refractivity contribution is -0.136. The maximum absolute atomic E-state index is 12.3. The van der Waals surface area contributed by atoms with E-state index in [0.717, 1.165) is 39.3 Å². The van der Waals surface area contributed by atoms with Crippen molar-refractivity contribution in [3.8, 4) is 0 Å². The molecule has 0 aliphatic carbocycles. The second-order valence-electron chi connectivity index (χ2n) is 5.80. The van der Waals surface area contributed by atoms with Crippen LogP contribution in [0.25, 0.3) is 0 Å². The van der Waals surface area contributed by atoms with Gasteiger partial charge in [0.15, 0.2) is 0 Å². The average molecular weight is 265 g/mol. The Morgan fingerprint density at radius 2 is 1.84 bits per heavy atom. The summed E-state index contributed by atoms with van der Waals surface area (Å²) in [5, 5.41) is 0. The molecule has 2 rings (SSSR count). The van der Waals surface area contributed by atoms with E-state index in [4.69, 9.17) is 0 Å². The number of likely N-dealkylation sites (tertiary alicyclic amines) is 1. The molecule has 108 valence electrons. The van der Waals surface area contributed by atoms with E-state index in [9.17, 15) is 4.79 Å². The molecule has 0 radical (unpaired) electrons. The molecule has 4 heteroatoms. The second-order valence-corrected chi connectivity index (χ2v) is 5.80. The molecule has 2 heterocycles. The summed E-state index contributed by atoms with van der Waals surface area (Å²) in [5.41, 5.74) is 0. The topological polar surface area (TPSA) is 26.8 Å². The Hall–Kier alpha value is -0.870. The van der Waals surface area contributed by atoms with E-state index in [0.29, 0.717) is 18.5 Å². The first-order valence-electron chi connectivity index (χ1n) is 7.56. The van der Waals surface area contributed by atoms with Crippen LogP contribution < -0.4 is 0 Å². The molecule has 19 heavy (non-hydrogen) atoms. The molecule has 2 aliphatic heterocycles. The van der Waals surface area contributed by atoms with Crippen molar-refractivity contribution in [2.24, 2.45) is 0 Å². The number of piperazine rings is 1. The number of nitrogens with zero attached hydrogens (tertiary/aromatic N) is 3. The summed E-state index contributed by atoms with van der Waals surface area (Å²) >= 11 is 0. The van der Waals surface area contributed by atoms with Crippen molar-refractivity contribution < 1.29 is 4.79 Å². The van der Waals surface area contributed by atoms with Crippen LogP contribution in [-0.4, -0.2) is 72.5 Å². The molecule has 0 saturated carbocycles. The number of amides is 1. The highest BCUT2D eigenvalue weighted by Gasteiger charge is 2.25. The van der Waals surface area contributed by atoms with Gasteiger partial charge in [-0.15, -0.1) is 6.58 Å². The number of hydrogen-bond donors (Lipinski definition) is 0. The number of carbonyl (C=O) groups is 1. The van der Waals surface area contributed by atoms with Crippen LogP contribution in [0.4, 0.5) is 0 Å². The zero-order chi connectivity index (χ0) is 13.7.